The number of hydrogen-bond acceptors (Lipinski definition) is 3. The first-order chi connectivity index (χ1) is 11.9. The summed E-state index contributed by atoms with van der Waals surface area (Å²) in [5, 5.41) is 7.87. The van der Waals surface area contributed by atoms with Gasteiger partial charge in [0.25, 0.3) is 5.91 Å². The van der Waals surface area contributed by atoms with Gasteiger partial charge in [-0.15, -0.1) is 12.4 Å². The molecular formula is C20H28ClN3O2. The molecule has 5 nitrogen and oxygen atoms in total. The molecule has 2 amide bonds. The van der Waals surface area contributed by atoms with E-state index >= 15 is 0 Å². The Morgan fingerprint density at radius 2 is 1.77 bits per heavy atom. The average molecular weight is 378 g/mol. The lowest BCUT2D eigenvalue weighted by Gasteiger charge is -2.33. The topological polar surface area (TPSA) is 84.2 Å². The third kappa shape index (κ3) is 5.44. The largest absolute Gasteiger partial charge is 0.352 e. The van der Waals surface area contributed by atoms with Gasteiger partial charge in [-0.2, -0.15) is 0 Å². The van der Waals surface area contributed by atoms with Crippen LogP contribution in [0.5, 0.6) is 0 Å². The van der Waals surface area contributed by atoms with Crippen molar-refractivity contribution in [3.8, 4) is 0 Å². The van der Waals surface area contributed by atoms with Gasteiger partial charge >= 0.3 is 0 Å². The van der Waals surface area contributed by atoms with Gasteiger partial charge in [0.1, 0.15) is 0 Å². The van der Waals surface area contributed by atoms with E-state index in [1.54, 1.807) is 6.07 Å². The molecule has 2 aromatic rings. The minimum Gasteiger partial charge on any atom is -0.352 e. The van der Waals surface area contributed by atoms with Gasteiger partial charge in [0.2, 0.25) is 5.91 Å². The third-order valence-electron chi connectivity index (χ3n) is 4.77. The Labute approximate surface area is 161 Å². The summed E-state index contributed by atoms with van der Waals surface area (Å²) in [5.74, 6) is -0.0573. The highest BCUT2D eigenvalue weighted by atomic mass is 35.5. The van der Waals surface area contributed by atoms with Gasteiger partial charge in [-0.1, -0.05) is 44.2 Å². The lowest BCUT2D eigenvalue weighted by Crippen LogP contribution is -2.55. The Morgan fingerprint density at radius 1 is 1.12 bits per heavy atom. The number of carbonyl (C=O) groups excluding carboxylic acids is 2. The number of nitrogens with one attached hydrogen (secondary N) is 2. The van der Waals surface area contributed by atoms with Crippen LogP contribution in [-0.4, -0.2) is 30.4 Å². The molecule has 0 aliphatic carbocycles. The standard InChI is InChI=1S/C20H27N3O2.ClH/c1-14(2)20(3,13-21)23-18(24)10-11-22-19(25)17-9-8-15-6-4-5-7-16(15)12-17;/h4-9,12,14H,10-11,13,21H2,1-3H3,(H,22,25)(H,23,24);1H. The molecule has 0 spiro atoms. The summed E-state index contributed by atoms with van der Waals surface area (Å²) in [4.78, 5) is 24.4. The Bertz CT molecular complexity index is 764. The van der Waals surface area contributed by atoms with Gasteiger partial charge in [0.15, 0.2) is 0 Å². The zero-order valence-electron chi connectivity index (χ0n) is 15.5. The second-order valence-electron chi connectivity index (χ2n) is 6.89. The Balaban J connectivity index is 0.00000338. The summed E-state index contributed by atoms with van der Waals surface area (Å²) in [6.07, 6.45) is 0.224. The number of hydrogen-bond donors (Lipinski definition) is 3. The third-order valence-corrected chi connectivity index (χ3v) is 4.77. The SMILES string of the molecule is CC(C)C(C)(CN)NC(=O)CCNC(=O)c1ccc2ccccc2c1.Cl. The van der Waals surface area contributed by atoms with E-state index in [-0.39, 0.29) is 43.1 Å². The summed E-state index contributed by atoms with van der Waals surface area (Å²) in [6.45, 7) is 6.64. The Hall–Kier alpha value is -2.11. The van der Waals surface area contributed by atoms with Crippen molar-refractivity contribution in [2.45, 2.75) is 32.7 Å². The molecule has 142 valence electrons. The first kappa shape index (κ1) is 21.9. The van der Waals surface area contributed by atoms with Crippen LogP contribution < -0.4 is 16.4 Å². The first-order valence-corrected chi connectivity index (χ1v) is 8.64. The van der Waals surface area contributed by atoms with Crippen LogP contribution in [0.3, 0.4) is 0 Å². The van der Waals surface area contributed by atoms with Gasteiger partial charge in [-0.3, -0.25) is 9.59 Å². The van der Waals surface area contributed by atoms with Gasteiger partial charge in [-0.05, 0) is 35.7 Å². The predicted octanol–water partition coefficient (Wildman–Crippen LogP) is 2.87. The number of amides is 2. The fraction of sp³-hybridized carbons (Fsp3) is 0.400. The molecule has 26 heavy (non-hydrogen) atoms. The van der Waals surface area contributed by atoms with Gasteiger partial charge < -0.3 is 16.4 Å². The summed E-state index contributed by atoms with van der Waals surface area (Å²) in [6, 6.07) is 13.5. The normalized spacial score (nSPS) is 13.0. The summed E-state index contributed by atoms with van der Waals surface area (Å²) < 4.78 is 0. The number of rotatable bonds is 7. The molecule has 1 atom stereocenters. The van der Waals surface area contributed by atoms with Crippen LogP contribution in [-0.2, 0) is 4.79 Å². The molecule has 0 aliphatic rings. The van der Waals surface area contributed by atoms with E-state index in [0.29, 0.717) is 12.1 Å². The fourth-order valence-corrected chi connectivity index (χ4v) is 2.53. The monoisotopic (exact) mass is 377 g/mol. The molecule has 0 saturated heterocycles. The highest BCUT2D eigenvalue weighted by Gasteiger charge is 2.28. The van der Waals surface area contributed by atoms with E-state index in [0.717, 1.165) is 10.8 Å². The number of halogens is 1. The minimum atomic E-state index is -0.431. The van der Waals surface area contributed by atoms with Crippen molar-refractivity contribution in [1.29, 1.82) is 0 Å². The number of nitrogens with two attached hydrogens (primary N) is 1. The van der Waals surface area contributed by atoms with Crippen LogP contribution in [0, 0.1) is 5.92 Å². The van der Waals surface area contributed by atoms with Gasteiger partial charge in [0, 0.05) is 25.1 Å². The van der Waals surface area contributed by atoms with Crippen LogP contribution in [0.2, 0.25) is 0 Å². The van der Waals surface area contributed by atoms with Crippen LogP contribution in [0.25, 0.3) is 10.8 Å². The first-order valence-electron chi connectivity index (χ1n) is 8.64. The van der Waals surface area contributed by atoms with E-state index in [2.05, 4.69) is 10.6 Å². The van der Waals surface area contributed by atoms with E-state index in [1.807, 2.05) is 57.2 Å². The number of benzene rings is 2. The van der Waals surface area contributed by atoms with Crippen molar-refractivity contribution in [2.75, 3.05) is 13.1 Å². The zero-order chi connectivity index (χ0) is 18.4. The van der Waals surface area contributed by atoms with Crippen molar-refractivity contribution in [3.63, 3.8) is 0 Å². The van der Waals surface area contributed by atoms with Crippen molar-refractivity contribution < 1.29 is 9.59 Å². The lowest BCUT2D eigenvalue weighted by molar-refractivity contribution is -0.123. The van der Waals surface area contributed by atoms with Gasteiger partial charge in [-0.25, -0.2) is 0 Å². The molecule has 0 heterocycles. The van der Waals surface area contributed by atoms with Crippen LogP contribution in [0.4, 0.5) is 0 Å². The van der Waals surface area contributed by atoms with Crippen molar-refractivity contribution in [2.24, 2.45) is 11.7 Å². The zero-order valence-corrected chi connectivity index (χ0v) is 16.4. The van der Waals surface area contributed by atoms with E-state index < -0.39 is 5.54 Å². The second-order valence-corrected chi connectivity index (χ2v) is 6.89. The van der Waals surface area contributed by atoms with Crippen LogP contribution in [0.15, 0.2) is 42.5 Å². The maximum absolute atomic E-state index is 12.3. The van der Waals surface area contributed by atoms with Gasteiger partial charge in [0.05, 0.1) is 5.54 Å². The number of carbonyl (C=O) groups is 2. The maximum atomic E-state index is 12.3. The van der Waals surface area contributed by atoms with Crippen molar-refractivity contribution in [1.82, 2.24) is 10.6 Å². The minimum absolute atomic E-state index is 0. The van der Waals surface area contributed by atoms with Crippen LogP contribution >= 0.6 is 12.4 Å². The molecule has 0 fully saturated rings. The molecule has 4 N–H and O–H groups in total. The smallest absolute Gasteiger partial charge is 0.251 e. The summed E-state index contributed by atoms with van der Waals surface area (Å²) in [7, 11) is 0. The number of fused-ring (bicyclic) bond motifs is 1. The maximum Gasteiger partial charge on any atom is 0.251 e. The molecule has 0 radical (unpaired) electrons. The Kier molecular flexibility index (Phi) is 8.06. The molecule has 0 aliphatic heterocycles. The molecule has 0 aromatic heterocycles. The second kappa shape index (κ2) is 9.55. The molecular weight excluding hydrogens is 350 g/mol. The van der Waals surface area contributed by atoms with E-state index in [9.17, 15) is 9.59 Å². The summed E-state index contributed by atoms with van der Waals surface area (Å²) in [5.41, 5.74) is 5.93. The highest BCUT2D eigenvalue weighted by molar-refractivity contribution is 5.98. The van der Waals surface area contributed by atoms with E-state index in [4.69, 9.17) is 5.73 Å². The quantitative estimate of drug-likeness (QED) is 0.693. The molecule has 6 heteroatoms. The van der Waals surface area contributed by atoms with Crippen molar-refractivity contribution in [3.05, 3.63) is 48.0 Å². The summed E-state index contributed by atoms with van der Waals surface area (Å²) >= 11 is 0. The van der Waals surface area contributed by atoms with Crippen molar-refractivity contribution >= 4 is 35.0 Å². The Morgan fingerprint density at radius 3 is 2.38 bits per heavy atom. The van der Waals surface area contributed by atoms with E-state index in [1.165, 1.54) is 0 Å². The molecule has 0 saturated carbocycles. The highest BCUT2D eigenvalue weighted by Crippen LogP contribution is 2.16. The predicted molar refractivity (Wildman–Crippen MR) is 109 cm³/mol. The molecule has 2 rings (SSSR count). The molecule has 0 bridgehead atoms. The average Bonchev–Trinajstić information content (AvgIpc) is 2.60. The molecule has 2 aromatic carbocycles. The lowest BCUT2D eigenvalue weighted by atomic mass is 9.88. The fourth-order valence-electron chi connectivity index (χ4n) is 2.53. The molecule has 1 unspecified atom stereocenters. The van der Waals surface area contributed by atoms with Crippen LogP contribution in [0.1, 0.15) is 37.6 Å².